The minimum atomic E-state index is -0.926. The number of carbonyl (C=O) groups excluding carboxylic acids is 1. The second kappa shape index (κ2) is 17.0. The summed E-state index contributed by atoms with van der Waals surface area (Å²) in [6.45, 7) is 4.83. The topological polar surface area (TPSA) is 66.8 Å². The van der Waals surface area contributed by atoms with E-state index in [1.807, 2.05) is 19.0 Å². The summed E-state index contributed by atoms with van der Waals surface area (Å²) in [5.41, 5.74) is 0. The number of carbonyl (C=O) groups is 2. The summed E-state index contributed by atoms with van der Waals surface area (Å²) in [7, 11) is 3.72. The number of nitrogens with zero attached hydrogens (tertiary/aromatic N) is 1. The maximum absolute atomic E-state index is 12.7. The highest BCUT2D eigenvalue weighted by molar-refractivity contribution is 5.73. The van der Waals surface area contributed by atoms with Gasteiger partial charge in [0.25, 0.3) is 0 Å². The molecule has 2 unspecified atom stereocenters. The van der Waals surface area contributed by atoms with Crippen molar-refractivity contribution in [3.8, 4) is 0 Å². The van der Waals surface area contributed by atoms with E-state index in [2.05, 4.69) is 13.8 Å². The molecule has 160 valence electrons. The molecule has 5 nitrogen and oxygen atoms in total. The van der Waals surface area contributed by atoms with Gasteiger partial charge in [0.1, 0.15) is 6.10 Å². The van der Waals surface area contributed by atoms with Crippen molar-refractivity contribution in [2.75, 3.05) is 20.6 Å². The Morgan fingerprint density at radius 2 is 1.33 bits per heavy atom. The molecule has 0 saturated carbocycles. The lowest BCUT2D eigenvalue weighted by molar-refractivity contribution is -0.158. The third kappa shape index (κ3) is 15.6. The van der Waals surface area contributed by atoms with Crippen molar-refractivity contribution >= 4 is 11.9 Å². The molecule has 0 saturated heterocycles. The summed E-state index contributed by atoms with van der Waals surface area (Å²) in [6.07, 6.45) is 12.8. The van der Waals surface area contributed by atoms with E-state index in [-0.39, 0.29) is 18.3 Å². The first-order valence-electron chi connectivity index (χ1n) is 11.0. The van der Waals surface area contributed by atoms with Gasteiger partial charge >= 0.3 is 11.9 Å². The quantitative estimate of drug-likeness (QED) is 0.257. The van der Waals surface area contributed by atoms with E-state index >= 15 is 0 Å². The molecule has 2 atom stereocenters. The second-order valence-corrected chi connectivity index (χ2v) is 8.02. The van der Waals surface area contributed by atoms with Gasteiger partial charge in [-0.3, -0.25) is 9.59 Å². The molecule has 0 fully saturated rings. The van der Waals surface area contributed by atoms with Crippen molar-refractivity contribution in [3.63, 3.8) is 0 Å². The van der Waals surface area contributed by atoms with Crippen LogP contribution >= 0.6 is 0 Å². The fourth-order valence-electron chi connectivity index (χ4n) is 3.37. The largest absolute Gasteiger partial charge is 0.481 e. The summed E-state index contributed by atoms with van der Waals surface area (Å²) in [4.78, 5) is 25.7. The number of hydrogen-bond acceptors (Lipinski definition) is 4. The van der Waals surface area contributed by atoms with Gasteiger partial charge in [-0.2, -0.15) is 0 Å². The number of ether oxygens (including phenoxy) is 1. The number of rotatable bonds is 18. The Hall–Kier alpha value is -1.10. The number of esters is 1. The molecule has 0 aromatic heterocycles. The molecular formula is C22H43NO4. The first-order chi connectivity index (χ1) is 12.9. The molecule has 0 aliphatic carbocycles. The van der Waals surface area contributed by atoms with Gasteiger partial charge in [-0.05, 0) is 26.9 Å². The molecule has 0 aliphatic heterocycles. The second-order valence-electron chi connectivity index (χ2n) is 8.02. The highest BCUT2D eigenvalue weighted by Gasteiger charge is 2.25. The van der Waals surface area contributed by atoms with Gasteiger partial charge in [0.15, 0.2) is 0 Å². The Kier molecular flexibility index (Phi) is 16.3. The van der Waals surface area contributed by atoms with Crippen LogP contribution in [-0.4, -0.2) is 48.7 Å². The van der Waals surface area contributed by atoms with Crippen LogP contribution in [0.2, 0.25) is 0 Å². The van der Waals surface area contributed by atoms with Crippen molar-refractivity contribution in [3.05, 3.63) is 0 Å². The molecule has 27 heavy (non-hydrogen) atoms. The maximum Gasteiger partial charge on any atom is 0.309 e. The smallest absolute Gasteiger partial charge is 0.309 e. The van der Waals surface area contributed by atoms with Gasteiger partial charge in [-0.25, -0.2) is 0 Å². The third-order valence-corrected chi connectivity index (χ3v) is 4.90. The fourth-order valence-corrected chi connectivity index (χ4v) is 3.37. The lowest BCUT2D eigenvalue weighted by Crippen LogP contribution is -2.34. The number of hydrogen-bond donors (Lipinski definition) is 1. The summed E-state index contributed by atoms with van der Waals surface area (Å²) in [6, 6.07) is 0. The monoisotopic (exact) mass is 385 g/mol. The summed E-state index contributed by atoms with van der Waals surface area (Å²) < 4.78 is 5.63. The van der Waals surface area contributed by atoms with Crippen molar-refractivity contribution in [1.29, 1.82) is 0 Å². The van der Waals surface area contributed by atoms with E-state index in [9.17, 15) is 9.59 Å². The van der Waals surface area contributed by atoms with E-state index in [0.717, 1.165) is 38.5 Å². The molecule has 0 rings (SSSR count). The molecule has 0 heterocycles. The average Bonchev–Trinajstić information content (AvgIpc) is 2.58. The molecular weight excluding hydrogens is 342 g/mol. The van der Waals surface area contributed by atoms with Gasteiger partial charge in [-0.1, -0.05) is 78.1 Å². The van der Waals surface area contributed by atoms with Gasteiger partial charge in [0.05, 0.1) is 12.3 Å². The molecule has 5 heteroatoms. The van der Waals surface area contributed by atoms with Crippen LogP contribution in [0.3, 0.4) is 0 Å². The molecule has 0 aromatic rings. The maximum atomic E-state index is 12.7. The average molecular weight is 386 g/mol. The third-order valence-electron chi connectivity index (χ3n) is 4.90. The number of carboxylic acids is 1. The zero-order valence-electron chi connectivity index (χ0n) is 18.2. The van der Waals surface area contributed by atoms with Gasteiger partial charge in [0.2, 0.25) is 0 Å². The highest BCUT2D eigenvalue weighted by atomic mass is 16.5. The van der Waals surface area contributed by atoms with E-state index in [1.165, 1.54) is 38.5 Å². The Bertz CT molecular complexity index is 385. The standard InChI is InChI=1S/C22H43NO4/c1-5-7-9-11-12-14-16-19(15-13-10-8-6-2)22(26)27-20(17-21(24)25)18-23(3)4/h19-20H,5-18H2,1-4H3,(H,24,25). The van der Waals surface area contributed by atoms with Crippen molar-refractivity contribution in [2.24, 2.45) is 5.92 Å². The zero-order chi connectivity index (χ0) is 20.5. The fraction of sp³-hybridized carbons (Fsp3) is 0.909. The number of aliphatic carboxylic acids is 1. The SMILES string of the molecule is CCCCCCCCC(CCCCCC)C(=O)OC(CC(=O)O)CN(C)C. The molecule has 0 aliphatic rings. The van der Waals surface area contributed by atoms with Crippen LogP contribution in [0, 0.1) is 5.92 Å². The zero-order valence-corrected chi connectivity index (χ0v) is 18.2. The predicted octanol–water partition coefficient (Wildman–Crippen LogP) is 5.27. The van der Waals surface area contributed by atoms with Gasteiger partial charge in [-0.15, -0.1) is 0 Å². The minimum absolute atomic E-state index is 0.0912. The van der Waals surface area contributed by atoms with Crippen LogP contribution in [0.1, 0.15) is 97.3 Å². The van der Waals surface area contributed by atoms with Crippen molar-refractivity contribution in [2.45, 2.75) is 103 Å². The normalized spacial score (nSPS) is 13.5. The number of unbranched alkanes of at least 4 members (excludes halogenated alkanes) is 8. The molecule has 0 amide bonds. The van der Waals surface area contributed by atoms with Crippen molar-refractivity contribution < 1.29 is 19.4 Å². The van der Waals surface area contributed by atoms with E-state index in [0.29, 0.717) is 6.54 Å². The van der Waals surface area contributed by atoms with Crippen LogP contribution in [-0.2, 0) is 14.3 Å². The van der Waals surface area contributed by atoms with Gasteiger partial charge in [0, 0.05) is 6.54 Å². The number of likely N-dealkylation sites (N-methyl/N-ethyl adjacent to an activating group) is 1. The van der Waals surface area contributed by atoms with Crippen LogP contribution in [0.15, 0.2) is 0 Å². The lowest BCUT2D eigenvalue weighted by atomic mass is 9.94. The summed E-state index contributed by atoms with van der Waals surface area (Å²) in [5, 5.41) is 9.08. The first kappa shape index (κ1) is 25.9. The molecule has 1 N–H and O–H groups in total. The molecule has 0 aromatic carbocycles. The Morgan fingerprint density at radius 1 is 0.852 bits per heavy atom. The van der Waals surface area contributed by atoms with Crippen LogP contribution in [0.4, 0.5) is 0 Å². The van der Waals surface area contributed by atoms with E-state index in [1.54, 1.807) is 0 Å². The summed E-state index contributed by atoms with van der Waals surface area (Å²) in [5.74, 6) is -1.22. The van der Waals surface area contributed by atoms with Crippen LogP contribution < -0.4 is 0 Å². The Morgan fingerprint density at radius 3 is 1.81 bits per heavy atom. The Labute approximate surface area is 166 Å². The summed E-state index contributed by atoms with van der Waals surface area (Å²) >= 11 is 0. The highest BCUT2D eigenvalue weighted by Crippen LogP contribution is 2.21. The first-order valence-corrected chi connectivity index (χ1v) is 11.0. The minimum Gasteiger partial charge on any atom is -0.481 e. The number of carboxylic acid groups (broad SMARTS) is 1. The Balaban J connectivity index is 4.58. The van der Waals surface area contributed by atoms with Crippen molar-refractivity contribution in [1.82, 2.24) is 4.90 Å². The lowest BCUT2D eigenvalue weighted by Gasteiger charge is -2.23. The van der Waals surface area contributed by atoms with Crippen LogP contribution in [0.25, 0.3) is 0 Å². The molecule has 0 bridgehead atoms. The molecule has 0 spiro atoms. The van der Waals surface area contributed by atoms with Gasteiger partial charge < -0.3 is 14.7 Å². The van der Waals surface area contributed by atoms with E-state index in [4.69, 9.17) is 9.84 Å². The molecule has 0 radical (unpaired) electrons. The van der Waals surface area contributed by atoms with E-state index < -0.39 is 12.1 Å². The van der Waals surface area contributed by atoms with Crippen LogP contribution in [0.5, 0.6) is 0 Å². The predicted molar refractivity (Wildman–Crippen MR) is 111 cm³/mol.